The fourth-order valence-corrected chi connectivity index (χ4v) is 2.60. The van der Waals surface area contributed by atoms with Crippen molar-refractivity contribution in [1.82, 2.24) is 0 Å². The topological polar surface area (TPSA) is 17.1 Å². The molecule has 0 saturated carbocycles. The summed E-state index contributed by atoms with van der Waals surface area (Å²) in [5, 5.41) is 0. The first kappa shape index (κ1) is 12.3. The molecule has 2 aromatic rings. The Kier molecular flexibility index (Phi) is 3.65. The highest BCUT2D eigenvalue weighted by Gasteiger charge is 2.11. The van der Waals surface area contributed by atoms with Crippen LogP contribution in [0.1, 0.15) is 40.6 Å². The molecular formula is C14H13ClOS. The number of carbonyl (C=O) groups excluding carboxylic acids is 1. The van der Waals surface area contributed by atoms with Gasteiger partial charge in [0.2, 0.25) is 5.78 Å². The Hall–Kier alpha value is -1.12. The van der Waals surface area contributed by atoms with E-state index in [9.17, 15) is 4.79 Å². The smallest absolute Gasteiger partial charge is 0.202 e. The average Bonchev–Trinajstić information content (AvgIpc) is 2.75. The van der Waals surface area contributed by atoms with Crippen LogP contribution >= 0.6 is 22.9 Å². The van der Waals surface area contributed by atoms with Crippen LogP contribution < -0.4 is 0 Å². The van der Waals surface area contributed by atoms with Crippen molar-refractivity contribution >= 4 is 28.7 Å². The molecule has 0 unspecified atom stereocenters. The van der Waals surface area contributed by atoms with E-state index in [4.69, 9.17) is 11.6 Å². The van der Waals surface area contributed by atoms with Crippen LogP contribution in [0.25, 0.3) is 0 Å². The molecule has 0 saturated heterocycles. The van der Waals surface area contributed by atoms with Crippen LogP contribution in [0.3, 0.4) is 0 Å². The maximum absolute atomic E-state index is 12.1. The number of hydrogen-bond acceptors (Lipinski definition) is 2. The molecule has 1 nitrogen and oxygen atoms in total. The lowest BCUT2D eigenvalue weighted by Crippen LogP contribution is -1.98. The van der Waals surface area contributed by atoms with Crippen LogP contribution in [0.15, 0.2) is 36.4 Å². The molecule has 17 heavy (non-hydrogen) atoms. The van der Waals surface area contributed by atoms with E-state index in [0.29, 0.717) is 20.7 Å². The highest BCUT2D eigenvalue weighted by atomic mass is 35.5. The summed E-state index contributed by atoms with van der Waals surface area (Å²) in [7, 11) is 0. The fraction of sp³-hybridized carbons (Fsp3) is 0.214. The summed E-state index contributed by atoms with van der Waals surface area (Å²) < 4.78 is 0.646. The monoisotopic (exact) mass is 264 g/mol. The summed E-state index contributed by atoms with van der Waals surface area (Å²) in [6, 6.07) is 11.3. The molecule has 0 atom stereocenters. The Morgan fingerprint density at radius 3 is 2.24 bits per heavy atom. The highest BCUT2D eigenvalue weighted by Crippen LogP contribution is 2.24. The number of halogens is 1. The Bertz CT molecular complexity index is 525. The van der Waals surface area contributed by atoms with Crippen LogP contribution in [0.4, 0.5) is 0 Å². The summed E-state index contributed by atoms with van der Waals surface area (Å²) >= 11 is 7.14. The predicted octanol–water partition coefficient (Wildman–Crippen LogP) is 4.76. The molecule has 1 aromatic heterocycles. The van der Waals surface area contributed by atoms with Crippen LogP contribution in [0.5, 0.6) is 0 Å². The second-order valence-corrected chi connectivity index (χ2v) is 5.92. The lowest BCUT2D eigenvalue weighted by Gasteiger charge is -2.05. The third-order valence-electron chi connectivity index (χ3n) is 2.64. The SMILES string of the molecule is CC(C)c1ccc(C(=O)c2ccc(Cl)s2)cc1. The summed E-state index contributed by atoms with van der Waals surface area (Å²) in [5.41, 5.74) is 1.96. The van der Waals surface area contributed by atoms with Gasteiger partial charge < -0.3 is 0 Å². The van der Waals surface area contributed by atoms with Crippen LogP contribution in [0, 0.1) is 0 Å². The lowest BCUT2D eigenvalue weighted by molar-refractivity contribution is 0.104. The maximum atomic E-state index is 12.1. The minimum absolute atomic E-state index is 0.0391. The standard InChI is InChI=1S/C14H13ClOS/c1-9(2)10-3-5-11(6-4-10)14(16)12-7-8-13(15)17-12/h3-9H,1-2H3. The Labute approximate surface area is 110 Å². The number of thiophene rings is 1. The zero-order valence-corrected chi connectivity index (χ0v) is 11.3. The molecule has 0 spiro atoms. The molecule has 0 bridgehead atoms. The average molecular weight is 265 g/mol. The van der Waals surface area contributed by atoms with Crippen molar-refractivity contribution in [3.63, 3.8) is 0 Å². The summed E-state index contributed by atoms with van der Waals surface area (Å²) in [6.07, 6.45) is 0. The second kappa shape index (κ2) is 5.03. The van der Waals surface area contributed by atoms with E-state index < -0.39 is 0 Å². The minimum Gasteiger partial charge on any atom is -0.288 e. The fourth-order valence-electron chi connectivity index (χ4n) is 1.60. The van der Waals surface area contributed by atoms with Crippen molar-refractivity contribution in [3.8, 4) is 0 Å². The maximum Gasteiger partial charge on any atom is 0.202 e. The highest BCUT2D eigenvalue weighted by molar-refractivity contribution is 7.18. The summed E-state index contributed by atoms with van der Waals surface area (Å²) in [6.45, 7) is 4.27. The molecule has 0 amide bonds. The van der Waals surface area contributed by atoms with Crippen LogP contribution in [-0.4, -0.2) is 5.78 Å². The van der Waals surface area contributed by atoms with Gasteiger partial charge >= 0.3 is 0 Å². The normalized spacial score (nSPS) is 10.8. The molecule has 0 radical (unpaired) electrons. The summed E-state index contributed by atoms with van der Waals surface area (Å²) in [5.74, 6) is 0.521. The van der Waals surface area contributed by atoms with Crippen LogP contribution in [-0.2, 0) is 0 Å². The van der Waals surface area contributed by atoms with Crippen molar-refractivity contribution in [2.75, 3.05) is 0 Å². The van der Waals surface area contributed by atoms with Crippen molar-refractivity contribution < 1.29 is 4.79 Å². The Morgan fingerprint density at radius 2 is 1.76 bits per heavy atom. The van der Waals surface area contributed by atoms with Gasteiger partial charge in [-0.2, -0.15) is 0 Å². The van der Waals surface area contributed by atoms with E-state index in [1.165, 1.54) is 16.9 Å². The van der Waals surface area contributed by atoms with Gasteiger partial charge in [0.25, 0.3) is 0 Å². The first-order valence-electron chi connectivity index (χ1n) is 5.48. The van der Waals surface area contributed by atoms with Crippen molar-refractivity contribution in [2.24, 2.45) is 0 Å². The number of benzene rings is 1. The molecular weight excluding hydrogens is 252 g/mol. The van der Waals surface area contributed by atoms with Gasteiger partial charge in [-0.25, -0.2) is 0 Å². The van der Waals surface area contributed by atoms with Crippen molar-refractivity contribution in [3.05, 3.63) is 56.7 Å². The third-order valence-corrected chi connectivity index (χ3v) is 3.87. The number of hydrogen-bond donors (Lipinski definition) is 0. The molecule has 0 N–H and O–H groups in total. The number of carbonyl (C=O) groups is 1. The predicted molar refractivity (Wildman–Crippen MR) is 73.3 cm³/mol. The van der Waals surface area contributed by atoms with E-state index >= 15 is 0 Å². The van der Waals surface area contributed by atoms with E-state index in [2.05, 4.69) is 13.8 Å². The van der Waals surface area contributed by atoms with E-state index in [1.807, 2.05) is 24.3 Å². The van der Waals surface area contributed by atoms with Gasteiger partial charge in [0.15, 0.2) is 0 Å². The van der Waals surface area contributed by atoms with Gasteiger partial charge in [0.1, 0.15) is 0 Å². The minimum atomic E-state index is 0.0391. The first-order valence-corrected chi connectivity index (χ1v) is 6.67. The van der Waals surface area contributed by atoms with Crippen LogP contribution in [0.2, 0.25) is 4.34 Å². The Balaban J connectivity index is 2.26. The molecule has 0 aliphatic rings. The van der Waals surface area contributed by atoms with E-state index in [0.717, 1.165) is 0 Å². The van der Waals surface area contributed by atoms with Crippen molar-refractivity contribution in [1.29, 1.82) is 0 Å². The quantitative estimate of drug-likeness (QED) is 0.731. The molecule has 3 heteroatoms. The number of ketones is 1. The molecule has 0 aliphatic carbocycles. The number of rotatable bonds is 3. The zero-order chi connectivity index (χ0) is 12.4. The molecule has 88 valence electrons. The van der Waals surface area contributed by atoms with Gasteiger partial charge in [-0.3, -0.25) is 4.79 Å². The molecule has 0 aliphatic heterocycles. The van der Waals surface area contributed by atoms with Gasteiger partial charge in [-0.05, 0) is 23.6 Å². The largest absolute Gasteiger partial charge is 0.288 e. The van der Waals surface area contributed by atoms with E-state index in [1.54, 1.807) is 12.1 Å². The van der Waals surface area contributed by atoms with Gasteiger partial charge in [-0.15, -0.1) is 11.3 Å². The Morgan fingerprint density at radius 1 is 1.12 bits per heavy atom. The molecule has 2 rings (SSSR count). The van der Waals surface area contributed by atoms with Gasteiger partial charge in [-0.1, -0.05) is 49.7 Å². The third kappa shape index (κ3) is 2.76. The second-order valence-electron chi connectivity index (χ2n) is 4.21. The summed E-state index contributed by atoms with van der Waals surface area (Å²) in [4.78, 5) is 12.8. The zero-order valence-electron chi connectivity index (χ0n) is 9.74. The van der Waals surface area contributed by atoms with Gasteiger partial charge in [0, 0.05) is 5.56 Å². The molecule has 1 heterocycles. The first-order chi connectivity index (χ1) is 8.08. The molecule has 1 aromatic carbocycles. The van der Waals surface area contributed by atoms with Gasteiger partial charge in [0.05, 0.1) is 9.21 Å². The van der Waals surface area contributed by atoms with E-state index in [-0.39, 0.29) is 5.78 Å². The van der Waals surface area contributed by atoms with Crippen molar-refractivity contribution in [2.45, 2.75) is 19.8 Å². The molecule has 0 fully saturated rings. The lowest BCUT2D eigenvalue weighted by atomic mass is 10.0.